The van der Waals surface area contributed by atoms with Crippen molar-refractivity contribution in [2.45, 2.75) is 13.3 Å². The van der Waals surface area contributed by atoms with Gasteiger partial charge in [0.15, 0.2) is 0 Å². The maximum Gasteiger partial charge on any atom is 0.130 e. The van der Waals surface area contributed by atoms with Gasteiger partial charge in [-0.3, -0.25) is 0 Å². The van der Waals surface area contributed by atoms with Crippen LogP contribution in [-0.4, -0.2) is 4.98 Å². The van der Waals surface area contributed by atoms with Gasteiger partial charge in [0.1, 0.15) is 5.82 Å². The number of hydrogen-bond donors (Lipinski definition) is 1. The summed E-state index contributed by atoms with van der Waals surface area (Å²) in [5, 5.41) is 3.50. The Bertz CT molecular complexity index is 627. The molecule has 0 saturated heterocycles. The minimum atomic E-state index is 0.470. The van der Waals surface area contributed by atoms with Crippen molar-refractivity contribution in [3.63, 3.8) is 0 Å². The summed E-state index contributed by atoms with van der Waals surface area (Å²) in [7, 11) is 0. The average Bonchev–Trinajstić information content (AvgIpc) is 2.51. The third-order valence-corrected chi connectivity index (χ3v) is 3.57. The highest BCUT2D eigenvalue weighted by Crippen LogP contribution is 2.31. The van der Waals surface area contributed by atoms with Crippen molar-refractivity contribution in [1.29, 1.82) is 0 Å². The molecule has 0 fully saturated rings. The molecule has 1 heterocycles. The zero-order valence-corrected chi connectivity index (χ0v) is 11.6. The lowest BCUT2D eigenvalue weighted by molar-refractivity contribution is 0.694. The summed E-state index contributed by atoms with van der Waals surface area (Å²) >= 11 is 0. The molecular formula is C18H18N2. The van der Waals surface area contributed by atoms with E-state index in [1.165, 1.54) is 16.8 Å². The van der Waals surface area contributed by atoms with Crippen LogP contribution in [0.3, 0.4) is 0 Å². The molecule has 1 aliphatic carbocycles. The Balaban J connectivity index is 2.01. The van der Waals surface area contributed by atoms with E-state index in [-0.39, 0.29) is 0 Å². The maximum atomic E-state index is 4.37. The molecule has 1 aromatic carbocycles. The molecule has 0 saturated carbocycles. The van der Waals surface area contributed by atoms with Gasteiger partial charge < -0.3 is 5.32 Å². The predicted octanol–water partition coefficient (Wildman–Crippen LogP) is 4.50. The molecule has 3 rings (SSSR count). The summed E-state index contributed by atoms with van der Waals surface area (Å²) in [6.07, 6.45) is 7.33. The Hall–Kier alpha value is -2.35. The molecule has 0 amide bonds. The fourth-order valence-electron chi connectivity index (χ4n) is 2.50. The molecular weight excluding hydrogens is 244 g/mol. The topological polar surface area (TPSA) is 24.9 Å². The second kappa shape index (κ2) is 5.74. The van der Waals surface area contributed by atoms with Gasteiger partial charge in [-0.05, 0) is 24.1 Å². The first kappa shape index (κ1) is 12.7. The van der Waals surface area contributed by atoms with Crippen LogP contribution in [0.25, 0.3) is 5.57 Å². The van der Waals surface area contributed by atoms with Gasteiger partial charge in [-0.15, -0.1) is 0 Å². The van der Waals surface area contributed by atoms with E-state index < -0.39 is 0 Å². The Morgan fingerprint density at radius 1 is 1.05 bits per heavy atom. The van der Waals surface area contributed by atoms with E-state index in [0.717, 1.165) is 12.2 Å². The van der Waals surface area contributed by atoms with E-state index in [2.05, 4.69) is 53.6 Å². The quantitative estimate of drug-likeness (QED) is 0.880. The van der Waals surface area contributed by atoms with Gasteiger partial charge in [-0.1, -0.05) is 55.5 Å². The second-order valence-corrected chi connectivity index (χ2v) is 5.07. The van der Waals surface area contributed by atoms with Gasteiger partial charge in [0, 0.05) is 23.4 Å². The summed E-state index contributed by atoms with van der Waals surface area (Å²) < 4.78 is 0. The van der Waals surface area contributed by atoms with Crippen molar-refractivity contribution in [2.24, 2.45) is 5.92 Å². The van der Waals surface area contributed by atoms with Crippen LogP contribution in [0.4, 0.5) is 5.82 Å². The molecule has 2 heteroatoms. The Kier molecular flexibility index (Phi) is 3.64. The van der Waals surface area contributed by atoms with E-state index in [1.54, 1.807) is 0 Å². The summed E-state index contributed by atoms with van der Waals surface area (Å²) in [4.78, 5) is 4.37. The van der Waals surface area contributed by atoms with Gasteiger partial charge in [-0.2, -0.15) is 0 Å². The first-order valence-corrected chi connectivity index (χ1v) is 6.99. The number of aromatic nitrogens is 1. The molecule has 1 aromatic heterocycles. The Labute approximate surface area is 119 Å². The minimum absolute atomic E-state index is 0.470. The summed E-state index contributed by atoms with van der Waals surface area (Å²) in [6.45, 7) is 2.25. The largest absolute Gasteiger partial charge is 0.343 e. The van der Waals surface area contributed by atoms with Crippen LogP contribution in [0.5, 0.6) is 0 Å². The predicted molar refractivity (Wildman–Crippen MR) is 84.1 cm³/mol. The Morgan fingerprint density at radius 2 is 1.85 bits per heavy atom. The van der Waals surface area contributed by atoms with E-state index in [9.17, 15) is 0 Å². The summed E-state index contributed by atoms with van der Waals surface area (Å²) in [5.74, 6) is 1.37. The van der Waals surface area contributed by atoms with Crippen molar-refractivity contribution in [1.82, 2.24) is 4.98 Å². The third kappa shape index (κ3) is 2.64. The number of benzene rings is 1. The molecule has 2 aromatic rings. The zero-order valence-electron chi connectivity index (χ0n) is 11.6. The van der Waals surface area contributed by atoms with Crippen molar-refractivity contribution >= 4 is 11.4 Å². The lowest BCUT2D eigenvalue weighted by Crippen LogP contribution is -2.14. The molecule has 0 spiro atoms. The molecule has 0 bridgehead atoms. The second-order valence-electron chi connectivity index (χ2n) is 5.07. The lowest BCUT2D eigenvalue weighted by Gasteiger charge is -2.23. The van der Waals surface area contributed by atoms with E-state index in [4.69, 9.17) is 0 Å². The van der Waals surface area contributed by atoms with Crippen molar-refractivity contribution < 1.29 is 0 Å². The fourth-order valence-corrected chi connectivity index (χ4v) is 2.50. The molecule has 0 unspecified atom stereocenters. The number of pyridine rings is 1. The van der Waals surface area contributed by atoms with Gasteiger partial charge in [-0.25, -0.2) is 4.98 Å². The molecule has 20 heavy (non-hydrogen) atoms. The molecule has 1 atom stereocenters. The molecule has 0 aliphatic heterocycles. The normalized spacial score (nSPS) is 18.1. The van der Waals surface area contributed by atoms with Crippen molar-refractivity contribution in [3.8, 4) is 0 Å². The highest BCUT2D eigenvalue weighted by Gasteiger charge is 2.17. The minimum Gasteiger partial charge on any atom is -0.343 e. The zero-order chi connectivity index (χ0) is 13.8. The van der Waals surface area contributed by atoms with Crippen molar-refractivity contribution in [2.75, 3.05) is 5.32 Å². The number of hydrogen-bond acceptors (Lipinski definition) is 2. The number of nitrogens with one attached hydrogen (secondary N) is 1. The van der Waals surface area contributed by atoms with Gasteiger partial charge in [0.25, 0.3) is 0 Å². The standard InChI is InChI=1S/C18H18N2/c1-14-8-7-11-16(15-9-3-2-4-10-15)18(14)20-17-12-5-6-13-19-17/h2-7,9-14H,8H2,1H3,(H,19,20)/t14-/m0/s1. The lowest BCUT2D eigenvalue weighted by atomic mass is 9.90. The number of nitrogens with zero attached hydrogens (tertiary/aromatic N) is 1. The first-order valence-electron chi connectivity index (χ1n) is 6.99. The van der Waals surface area contributed by atoms with E-state index in [0.29, 0.717) is 5.92 Å². The fraction of sp³-hybridized carbons (Fsp3) is 0.167. The van der Waals surface area contributed by atoms with E-state index >= 15 is 0 Å². The van der Waals surface area contributed by atoms with E-state index in [1.807, 2.05) is 30.5 Å². The smallest absolute Gasteiger partial charge is 0.130 e. The SMILES string of the molecule is C[C@H]1CC=CC(c2ccccc2)=C1Nc1ccccn1. The number of rotatable bonds is 3. The summed E-state index contributed by atoms with van der Waals surface area (Å²) in [6, 6.07) is 16.4. The van der Waals surface area contributed by atoms with Crippen molar-refractivity contribution in [3.05, 3.63) is 78.1 Å². The van der Waals surface area contributed by atoms with Crippen LogP contribution in [-0.2, 0) is 0 Å². The van der Waals surface area contributed by atoms with Gasteiger partial charge in [0.2, 0.25) is 0 Å². The van der Waals surface area contributed by atoms with Gasteiger partial charge >= 0.3 is 0 Å². The van der Waals surface area contributed by atoms with Crippen LogP contribution in [0.1, 0.15) is 18.9 Å². The van der Waals surface area contributed by atoms with Crippen LogP contribution in [0.15, 0.2) is 72.6 Å². The van der Waals surface area contributed by atoms with Crippen LogP contribution in [0, 0.1) is 5.92 Å². The molecule has 1 aliphatic rings. The average molecular weight is 262 g/mol. The molecule has 0 radical (unpaired) electrons. The maximum absolute atomic E-state index is 4.37. The van der Waals surface area contributed by atoms with Crippen LogP contribution in [0.2, 0.25) is 0 Å². The molecule has 1 N–H and O–H groups in total. The molecule has 2 nitrogen and oxygen atoms in total. The monoisotopic (exact) mass is 262 g/mol. The highest BCUT2D eigenvalue weighted by atomic mass is 15.0. The van der Waals surface area contributed by atoms with Gasteiger partial charge in [0.05, 0.1) is 0 Å². The molecule has 100 valence electrons. The first-order chi connectivity index (χ1) is 9.84. The third-order valence-electron chi connectivity index (χ3n) is 3.57. The highest BCUT2D eigenvalue weighted by molar-refractivity contribution is 5.80. The van der Waals surface area contributed by atoms with Crippen LogP contribution < -0.4 is 5.32 Å². The Morgan fingerprint density at radius 3 is 2.60 bits per heavy atom. The number of allylic oxidation sites excluding steroid dienone is 4. The summed E-state index contributed by atoms with van der Waals surface area (Å²) in [5.41, 5.74) is 3.75. The number of anilines is 1. The van der Waals surface area contributed by atoms with Crippen LogP contribution >= 0.6 is 0 Å².